The Morgan fingerprint density at radius 3 is 2.81 bits per heavy atom. The van der Waals surface area contributed by atoms with Gasteiger partial charge in [0.05, 0.1) is 6.42 Å². The number of rotatable bonds is 3. The fourth-order valence-electron chi connectivity index (χ4n) is 2.71. The van der Waals surface area contributed by atoms with Crippen molar-refractivity contribution in [1.29, 1.82) is 0 Å². The number of nitrogens with zero attached hydrogens (tertiary/aromatic N) is 2. The van der Waals surface area contributed by atoms with Crippen LogP contribution in [-0.4, -0.2) is 34.8 Å². The number of benzene rings is 1. The summed E-state index contributed by atoms with van der Waals surface area (Å²) in [5.74, 6) is -0.297. The summed E-state index contributed by atoms with van der Waals surface area (Å²) in [5, 5.41) is 0. The fourth-order valence-corrected chi connectivity index (χ4v) is 2.71. The topological polar surface area (TPSA) is 89.4 Å². The number of oxazole rings is 1. The third-order valence-electron chi connectivity index (χ3n) is 4.00. The Morgan fingerprint density at radius 1 is 1.33 bits per heavy atom. The van der Waals surface area contributed by atoms with Crippen molar-refractivity contribution in [3.63, 3.8) is 0 Å². The maximum absolute atomic E-state index is 12.3. The van der Waals surface area contributed by atoms with Crippen LogP contribution in [0.25, 0.3) is 11.1 Å². The van der Waals surface area contributed by atoms with E-state index in [-0.39, 0.29) is 17.7 Å². The lowest BCUT2D eigenvalue weighted by atomic mass is 9.96. The number of hydrogen-bond donors (Lipinski definition) is 1. The van der Waals surface area contributed by atoms with E-state index in [4.69, 9.17) is 10.2 Å². The molecule has 1 fully saturated rings. The molecule has 2 heterocycles. The number of nitrogens with two attached hydrogens (primary N) is 1. The SMILES string of the molecule is NC(=O)C1CCN(C(=O)Cc2ccc3ncoc3c2)CC1. The van der Waals surface area contributed by atoms with Gasteiger partial charge in [-0.1, -0.05) is 6.07 Å². The van der Waals surface area contributed by atoms with Crippen molar-refractivity contribution in [2.45, 2.75) is 19.3 Å². The monoisotopic (exact) mass is 287 g/mol. The van der Waals surface area contributed by atoms with Gasteiger partial charge in [-0.3, -0.25) is 9.59 Å². The van der Waals surface area contributed by atoms with Crippen LogP contribution in [0.2, 0.25) is 0 Å². The molecule has 110 valence electrons. The first-order valence-electron chi connectivity index (χ1n) is 7.02. The number of primary amides is 1. The summed E-state index contributed by atoms with van der Waals surface area (Å²) in [6, 6.07) is 5.58. The van der Waals surface area contributed by atoms with Crippen LogP contribution in [0.1, 0.15) is 18.4 Å². The van der Waals surface area contributed by atoms with Crippen LogP contribution >= 0.6 is 0 Å². The van der Waals surface area contributed by atoms with Gasteiger partial charge in [-0.25, -0.2) is 4.98 Å². The third-order valence-corrected chi connectivity index (χ3v) is 4.00. The van der Waals surface area contributed by atoms with Gasteiger partial charge in [-0.05, 0) is 30.5 Å². The molecule has 0 saturated carbocycles. The second kappa shape index (κ2) is 5.55. The van der Waals surface area contributed by atoms with E-state index in [1.165, 1.54) is 6.39 Å². The molecule has 6 nitrogen and oxygen atoms in total. The molecule has 1 aliphatic heterocycles. The Kier molecular flexibility index (Phi) is 3.60. The average molecular weight is 287 g/mol. The fraction of sp³-hybridized carbons (Fsp3) is 0.400. The summed E-state index contributed by atoms with van der Waals surface area (Å²) in [4.78, 5) is 29.2. The van der Waals surface area contributed by atoms with Crippen molar-refractivity contribution in [3.8, 4) is 0 Å². The molecule has 6 heteroatoms. The van der Waals surface area contributed by atoms with E-state index in [2.05, 4.69) is 4.98 Å². The molecule has 0 radical (unpaired) electrons. The molecule has 0 atom stereocenters. The molecule has 1 aromatic carbocycles. The van der Waals surface area contributed by atoms with Crippen LogP contribution in [0.15, 0.2) is 29.0 Å². The average Bonchev–Trinajstić information content (AvgIpc) is 2.95. The molecule has 2 N–H and O–H groups in total. The van der Waals surface area contributed by atoms with Gasteiger partial charge in [0.25, 0.3) is 0 Å². The molecular weight excluding hydrogens is 270 g/mol. The quantitative estimate of drug-likeness (QED) is 0.915. The van der Waals surface area contributed by atoms with Crippen molar-refractivity contribution in [3.05, 3.63) is 30.2 Å². The van der Waals surface area contributed by atoms with Crippen LogP contribution < -0.4 is 5.73 Å². The molecule has 0 aliphatic carbocycles. The zero-order valence-electron chi connectivity index (χ0n) is 11.6. The van der Waals surface area contributed by atoms with Crippen LogP contribution in [-0.2, 0) is 16.0 Å². The standard InChI is InChI=1S/C15H17N3O3/c16-15(20)11-3-5-18(6-4-11)14(19)8-10-1-2-12-13(7-10)21-9-17-12/h1-2,7,9,11H,3-6,8H2,(H2,16,20). The molecule has 1 aromatic heterocycles. The predicted molar refractivity (Wildman–Crippen MR) is 76.2 cm³/mol. The molecule has 1 aliphatic rings. The zero-order valence-corrected chi connectivity index (χ0v) is 11.6. The largest absolute Gasteiger partial charge is 0.443 e. The molecule has 0 spiro atoms. The Balaban J connectivity index is 1.62. The van der Waals surface area contributed by atoms with Gasteiger partial charge in [0, 0.05) is 19.0 Å². The normalized spacial score (nSPS) is 16.3. The number of likely N-dealkylation sites (tertiary alicyclic amines) is 1. The van der Waals surface area contributed by atoms with Crippen molar-refractivity contribution in [1.82, 2.24) is 9.88 Å². The maximum atomic E-state index is 12.3. The first-order chi connectivity index (χ1) is 10.1. The lowest BCUT2D eigenvalue weighted by Gasteiger charge is -2.30. The number of hydrogen-bond acceptors (Lipinski definition) is 4. The molecule has 0 unspecified atom stereocenters. The van der Waals surface area contributed by atoms with E-state index in [0.717, 1.165) is 11.1 Å². The van der Waals surface area contributed by atoms with Gasteiger partial charge in [-0.2, -0.15) is 0 Å². The van der Waals surface area contributed by atoms with Crippen LogP contribution in [0.5, 0.6) is 0 Å². The summed E-state index contributed by atoms with van der Waals surface area (Å²) >= 11 is 0. The summed E-state index contributed by atoms with van der Waals surface area (Å²) < 4.78 is 5.24. The highest BCUT2D eigenvalue weighted by atomic mass is 16.3. The summed E-state index contributed by atoms with van der Waals surface area (Å²) in [7, 11) is 0. The first-order valence-corrected chi connectivity index (χ1v) is 7.02. The molecule has 2 aromatic rings. The minimum atomic E-state index is -0.266. The smallest absolute Gasteiger partial charge is 0.226 e. The van der Waals surface area contributed by atoms with E-state index in [9.17, 15) is 9.59 Å². The van der Waals surface area contributed by atoms with E-state index < -0.39 is 0 Å². The van der Waals surface area contributed by atoms with Gasteiger partial charge in [0.2, 0.25) is 11.8 Å². The molecule has 21 heavy (non-hydrogen) atoms. The van der Waals surface area contributed by atoms with E-state index >= 15 is 0 Å². The second-order valence-corrected chi connectivity index (χ2v) is 5.39. The Hall–Kier alpha value is -2.37. The number of fused-ring (bicyclic) bond motifs is 1. The van der Waals surface area contributed by atoms with Gasteiger partial charge >= 0.3 is 0 Å². The summed E-state index contributed by atoms with van der Waals surface area (Å²) in [5.41, 5.74) is 7.67. The minimum Gasteiger partial charge on any atom is -0.443 e. The zero-order chi connectivity index (χ0) is 14.8. The number of carbonyl (C=O) groups is 2. The van der Waals surface area contributed by atoms with Crippen molar-refractivity contribution < 1.29 is 14.0 Å². The lowest BCUT2D eigenvalue weighted by Crippen LogP contribution is -2.42. The van der Waals surface area contributed by atoms with E-state index in [1.807, 2.05) is 18.2 Å². The Bertz CT molecular complexity index is 672. The van der Waals surface area contributed by atoms with Crippen molar-refractivity contribution >= 4 is 22.9 Å². The van der Waals surface area contributed by atoms with Crippen molar-refractivity contribution in [2.24, 2.45) is 11.7 Å². The number of aromatic nitrogens is 1. The van der Waals surface area contributed by atoms with E-state index in [0.29, 0.717) is 37.9 Å². The predicted octanol–water partition coefficient (Wildman–Crippen LogP) is 1.09. The lowest BCUT2D eigenvalue weighted by molar-refractivity contribution is -0.134. The highest BCUT2D eigenvalue weighted by Crippen LogP contribution is 2.19. The molecule has 1 saturated heterocycles. The highest BCUT2D eigenvalue weighted by Gasteiger charge is 2.25. The van der Waals surface area contributed by atoms with E-state index in [1.54, 1.807) is 4.90 Å². The highest BCUT2D eigenvalue weighted by molar-refractivity contribution is 5.82. The van der Waals surface area contributed by atoms with Gasteiger partial charge < -0.3 is 15.1 Å². The van der Waals surface area contributed by atoms with Gasteiger partial charge in [-0.15, -0.1) is 0 Å². The van der Waals surface area contributed by atoms with Gasteiger partial charge in [0.1, 0.15) is 5.52 Å². The molecule has 3 rings (SSSR count). The summed E-state index contributed by atoms with van der Waals surface area (Å²) in [6.45, 7) is 1.19. The number of amides is 2. The second-order valence-electron chi connectivity index (χ2n) is 5.39. The van der Waals surface area contributed by atoms with Gasteiger partial charge in [0.15, 0.2) is 12.0 Å². The van der Waals surface area contributed by atoms with Crippen molar-refractivity contribution in [2.75, 3.05) is 13.1 Å². The number of piperidine rings is 1. The molecular formula is C15H17N3O3. The Morgan fingerprint density at radius 2 is 2.10 bits per heavy atom. The maximum Gasteiger partial charge on any atom is 0.226 e. The number of carbonyl (C=O) groups excluding carboxylic acids is 2. The first kappa shape index (κ1) is 13.6. The van der Waals surface area contributed by atoms with Crippen LogP contribution in [0.3, 0.4) is 0 Å². The summed E-state index contributed by atoms with van der Waals surface area (Å²) in [6.07, 6.45) is 3.03. The minimum absolute atomic E-state index is 0.0665. The molecule has 2 amide bonds. The third kappa shape index (κ3) is 2.89. The molecule has 0 bridgehead atoms. The van der Waals surface area contributed by atoms with Crippen LogP contribution in [0.4, 0.5) is 0 Å². The van der Waals surface area contributed by atoms with Crippen LogP contribution in [0, 0.1) is 5.92 Å². The Labute approximate surface area is 121 Å².